The minimum absolute atomic E-state index is 0.306. The number of hydrogen-bond acceptors (Lipinski definition) is 2. The summed E-state index contributed by atoms with van der Waals surface area (Å²) in [5.74, 6) is 0.980. The predicted molar refractivity (Wildman–Crippen MR) is 74.4 cm³/mol. The minimum Gasteiger partial charge on any atom is -0.508 e. The fourth-order valence-corrected chi connectivity index (χ4v) is 4.28. The number of fused-ring (bicyclic) bond motifs is 4. The molecule has 1 fully saturated rings. The van der Waals surface area contributed by atoms with Gasteiger partial charge in [0.2, 0.25) is 0 Å². The molecular formula is C17H20O2. The molecule has 0 radical (unpaired) electrons. The maximum absolute atomic E-state index is 9.64. The molecule has 1 aromatic carbocycles. The number of benzene rings is 1. The topological polar surface area (TPSA) is 29.5 Å². The molecule has 19 heavy (non-hydrogen) atoms. The first kappa shape index (κ1) is 11.5. The van der Waals surface area contributed by atoms with Gasteiger partial charge in [-0.15, -0.1) is 0 Å². The van der Waals surface area contributed by atoms with Crippen LogP contribution in [0.4, 0.5) is 0 Å². The molecular weight excluding hydrogens is 236 g/mol. The average molecular weight is 256 g/mol. The molecule has 0 amide bonds. The summed E-state index contributed by atoms with van der Waals surface area (Å²) in [6.45, 7) is 4.11. The van der Waals surface area contributed by atoms with Crippen molar-refractivity contribution >= 4 is 0 Å². The van der Waals surface area contributed by atoms with Crippen LogP contribution in [-0.2, 0) is 11.2 Å². The zero-order valence-corrected chi connectivity index (χ0v) is 11.4. The summed E-state index contributed by atoms with van der Waals surface area (Å²) in [5.41, 5.74) is 6.32. The molecule has 1 saturated heterocycles. The lowest BCUT2D eigenvalue weighted by atomic mass is 9.64. The van der Waals surface area contributed by atoms with Gasteiger partial charge in [-0.25, -0.2) is 0 Å². The van der Waals surface area contributed by atoms with Gasteiger partial charge in [0.1, 0.15) is 5.75 Å². The first-order valence-corrected chi connectivity index (χ1v) is 7.29. The summed E-state index contributed by atoms with van der Waals surface area (Å²) in [5, 5.41) is 9.64. The summed E-state index contributed by atoms with van der Waals surface area (Å²) in [4.78, 5) is 0. The van der Waals surface area contributed by atoms with Gasteiger partial charge in [-0.1, -0.05) is 18.6 Å². The highest BCUT2D eigenvalue weighted by atomic mass is 16.5. The Kier molecular flexibility index (Phi) is 2.34. The molecule has 1 aliphatic heterocycles. The Hall–Kier alpha value is -1.28. The number of allylic oxidation sites excluding steroid dienone is 1. The lowest BCUT2D eigenvalue weighted by Crippen LogP contribution is -2.29. The molecule has 0 spiro atoms. The third-order valence-corrected chi connectivity index (χ3v) is 5.35. The van der Waals surface area contributed by atoms with Gasteiger partial charge >= 0.3 is 0 Å². The van der Waals surface area contributed by atoms with Crippen molar-refractivity contribution in [3.8, 4) is 5.75 Å². The smallest absolute Gasteiger partial charge is 0.115 e. The number of rotatable bonds is 0. The summed E-state index contributed by atoms with van der Waals surface area (Å²) in [7, 11) is 0. The van der Waals surface area contributed by atoms with Gasteiger partial charge in [0.25, 0.3) is 0 Å². The zero-order chi connectivity index (χ0) is 13.0. The van der Waals surface area contributed by atoms with E-state index in [4.69, 9.17) is 4.74 Å². The number of aromatic hydroxyl groups is 1. The molecule has 2 nitrogen and oxygen atoms in total. The number of hydrogen-bond donors (Lipinski definition) is 1. The van der Waals surface area contributed by atoms with E-state index in [0.717, 1.165) is 26.1 Å². The van der Waals surface area contributed by atoms with Crippen LogP contribution in [0, 0.1) is 5.41 Å². The molecule has 0 bridgehead atoms. The highest BCUT2D eigenvalue weighted by Crippen LogP contribution is 2.53. The van der Waals surface area contributed by atoms with Crippen molar-refractivity contribution in [2.75, 3.05) is 13.2 Å². The first-order valence-electron chi connectivity index (χ1n) is 7.29. The Morgan fingerprint density at radius 1 is 1.32 bits per heavy atom. The Labute approximate surface area is 114 Å². The van der Waals surface area contributed by atoms with Crippen molar-refractivity contribution in [2.45, 2.75) is 38.5 Å². The van der Waals surface area contributed by atoms with E-state index >= 15 is 0 Å². The van der Waals surface area contributed by atoms with E-state index in [1.165, 1.54) is 24.0 Å². The van der Waals surface area contributed by atoms with Gasteiger partial charge in [-0.2, -0.15) is 0 Å². The van der Waals surface area contributed by atoms with Crippen molar-refractivity contribution in [2.24, 2.45) is 5.41 Å². The normalized spacial score (nSPS) is 32.8. The molecule has 2 aliphatic carbocycles. The van der Waals surface area contributed by atoms with E-state index in [0.29, 0.717) is 17.1 Å². The third kappa shape index (κ3) is 1.59. The van der Waals surface area contributed by atoms with Crippen molar-refractivity contribution in [1.82, 2.24) is 0 Å². The molecule has 0 saturated carbocycles. The van der Waals surface area contributed by atoms with Crippen molar-refractivity contribution < 1.29 is 9.84 Å². The van der Waals surface area contributed by atoms with Crippen molar-refractivity contribution in [3.63, 3.8) is 0 Å². The maximum atomic E-state index is 9.64. The lowest BCUT2D eigenvalue weighted by molar-refractivity contribution is 0.152. The van der Waals surface area contributed by atoms with E-state index in [1.807, 2.05) is 12.1 Å². The van der Waals surface area contributed by atoms with Crippen LogP contribution < -0.4 is 0 Å². The summed E-state index contributed by atoms with van der Waals surface area (Å²) >= 11 is 0. The Bertz CT molecular complexity index is 573. The van der Waals surface area contributed by atoms with Crippen LogP contribution in [0.5, 0.6) is 5.75 Å². The summed E-state index contributed by atoms with van der Waals surface area (Å²) in [6.07, 6.45) is 4.68. The van der Waals surface area contributed by atoms with E-state index in [1.54, 1.807) is 11.1 Å². The predicted octanol–water partition coefficient (Wildman–Crippen LogP) is 3.55. The van der Waals surface area contributed by atoms with Crippen LogP contribution in [0.15, 0.2) is 29.3 Å². The molecule has 1 heterocycles. The van der Waals surface area contributed by atoms with Gasteiger partial charge in [-0.05, 0) is 54.5 Å². The Balaban J connectivity index is 1.84. The molecule has 2 heteroatoms. The van der Waals surface area contributed by atoms with Crippen LogP contribution in [0.3, 0.4) is 0 Å². The largest absolute Gasteiger partial charge is 0.508 e. The standard InChI is InChI=1S/C17H20O2/c1-17-7-6-14-13-5-3-12(18)8-11(13)2-4-15(14)16(17)9-19-10-17/h3,5,8,14,18H,2,4,6-7,9-10H2,1H3. The molecule has 1 aromatic rings. The van der Waals surface area contributed by atoms with Gasteiger partial charge in [0.05, 0.1) is 13.2 Å². The van der Waals surface area contributed by atoms with E-state index in [9.17, 15) is 5.11 Å². The van der Waals surface area contributed by atoms with Crippen LogP contribution in [0.2, 0.25) is 0 Å². The second-order valence-electron chi connectivity index (χ2n) is 6.53. The van der Waals surface area contributed by atoms with Crippen LogP contribution in [0.25, 0.3) is 0 Å². The minimum atomic E-state index is 0.306. The van der Waals surface area contributed by atoms with E-state index in [-0.39, 0.29) is 0 Å². The summed E-state index contributed by atoms with van der Waals surface area (Å²) < 4.78 is 5.75. The summed E-state index contributed by atoms with van der Waals surface area (Å²) in [6, 6.07) is 5.93. The second-order valence-corrected chi connectivity index (χ2v) is 6.53. The number of aryl methyl sites for hydroxylation is 1. The van der Waals surface area contributed by atoms with Gasteiger partial charge in [0, 0.05) is 11.3 Å². The molecule has 0 aromatic heterocycles. The van der Waals surface area contributed by atoms with E-state index in [2.05, 4.69) is 13.0 Å². The zero-order valence-electron chi connectivity index (χ0n) is 11.4. The molecule has 1 N–H and O–H groups in total. The van der Waals surface area contributed by atoms with Gasteiger partial charge < -0.3 is 9.84 Å². The number of ether oxygens (including phenoxy) is 1. The maximum Gasteiger partial charge on any atom is 0.115 e. The molecule has 2 unspecified atom stereocenters. The Morgan fingerprint density at radius 3 is 3.11 bits per heavy atom. The molecule has 3 aliphatic rings. The third-order valence-electron chi connectivity index (χ3n) is 5.35. The van der Waals surface area contributed by atoms with Gasteiger partial charge in [-0.3, -0.25) is 0 Å². The highest BCUT2D eigenvalue weighted by molar-refractivity contribution is 5.47. The van der Waals surface area contributed by atoms with Crippen LogP contribution in [-0.4, -0.2) is 18.3 Å². The van der Waals surface area contributed by atoms with Crippen LogP contribution in [0.1, 0.15) is 43.2 Å². The van der Waals surface area contributed by atoms with Crippen LogP contribution >= 0.6 is 0 Å². The highest BCUT2D eigenvalue weighted by Gasteiger charge is 2.43. The monoisotopic (exact) mass is 256 g/mol. The van der Waals surface area contributed by atoms with Gasteiger partial charge in [0.15, 0.2) is 0 Å². The van der Waals surface area contributed by atoms with Crippen molar-refractivity contribution in [1.29, 1.82) is 0 Å². The lowest BCUT2D eigenvalue weighted by Gasteiger charge is -2.40. The number of phenolic OH excluding ortho intramolecular Hbond substituents is 1. The Morgan fingerprint density at radius 2 is 2.21 bits per heavy atom. The molecule has 2 atom stereocenters. The SMILES string of the molecule is CC12CCC3C(=C1COC2)CCc1cc(O)ccc13. The average Bonchev–Trinajstić information content (AvgIpc) is 2.79. The molecule has 4 rings (SSSR count). The second kappa shape index (κ2) is 3.86. The quantitative estimate of drug-likeness (QED) is 0.719. The first-order chi connectivity index (χ1) is 9.17. The fraction of sp³-hybridized carbons (Fsp3) is 0.529. The fourth-order valence-electron chi connectivity index (χ4n) is 4.28. The number of phenols is 1. The van der Waals surface area contributed by atoms with Crippen molar-refractivity contribution in [3.05, 3.63) is 40.5 Å². The molecule has 100 valence electrons. The van der Waals surface area contributed by atoms with E-state index < -0.39 is 0 Å².